The van der Waals surface area contributed by atoms with Gasteiger partial charge in [-0.3, -0.25) is 4.79 Å². The van der Waals surface area contributed by atoms with E-state index in [9.17, 15) is 4.79 Å². The second kappa shape index (κ2) is 6.40. The molecule has 0 aliphatic carbocycles. The summed E-state index contributed by atoms with van der Waals surface area (Å²) in [6, 6.07) is 5.71. The van der Waals surface area contributed by atoms with Gasteiger partial charge in [-0.25, -0.2) is 0 Å². The summed E-state index contributed by atoms with van der Waals surface area (Å²) < 4.78 is 0. The van der Waals surface area contributed by atoms with Crippen LogP contribution in [-0.4, -0.2) is 24.2 Å². The van der Waals surface area contributed by atoms with Gasteiger partial charge in [0.1, 0.15) is 0 Å². The van der Waals surface area contributed by atoms with Gasteiger partial charge in [-0.2, -0.15) is 0 Å². The van der Waals surface area contributed by atoms with Crippen molar-refractivity contribution in [1.29, 1.82) is 0 Å². The summed E-state index contributed by atoms with van der Waals surface area (Å²) >= 11 is 0. The van der Waals surface area contributed by atoms with Gasteiger partial charge in [0.15, 0.2) is 0 Å². The van der Waals surface area contributed by atoms with Crippen LogP contribution in [0.15, 0.2) is 18.2 Å². The normalized spacial score (nSPS) is 12.2. The van der Waals surface area contributed by atoms with E-state index in [4.69, 9.17) is 5.11 Å². The Hall–Kier alpha value is -1.35. The van der Waals surface area contributed by atoms with Crippen LogP contribution in [-0.2, 0) is 0 Å². The van der Waals surface area contributed by atoms with Crippen molar-refractivity contribution in [3.8, 4) is 0 Å². The van der Waals surface area contributed by atoms with E-state index in [1.807, 2.05) is 39.0 Å². The van der Waals surface area contributed by atoms with Gasteiger partial charge in [0.2, 0.25) is 0 Å². The average molecular weight is 235 g/mol. The fourth-order valence-electron chi connectivity index (χ4n) is 1.57. The molecule has 1 unspecified atom stereocenters. The first-order valence-electron chi connectivity index (χ1n) is 6.01. The molecule has 1 aromatic rings. The second-order valence-corrected chi connectivity index (χ2v) is 4.63. The highest BCUT2D eigenvalue weighted by atomic mass is 16.3. The Kier molecular flexibility index (Phi) is 5.16. The molecule has 0 saturated heterocycles. The first-order valence-corrected chi connectivity index (χ1v) is 6.01. The topological polar surface area (TPSA) is 49.3 Å². The Labute approximate surface area is 103 Å². The van der Waals surface area contributed by atoms with E-state index in [-0.39, 0.29) is 12.5 Å². The average Bonchev–Trinajstić information content (AvgIpc) is 2.30. The highest BCUT2D eigenvalue weighted by Gasteiger charge is 2.08. The van der Waals surface area contributed by atoms with Gasteiger partial charge in [-0.05, 0) is 49.4 Å². The number of carbonyl (C=O) groups is 1. The zero-order valence-electron chi connectivity index (χ0n) is 10.8. The van der Waals surface area contributed by atoms with E-state index >= 15 is 0 Å². The molecule has 3 heteroatoms. The van der Waals surface area contributed by atoms with Gasteiger partial charge in [0, 0.05) is 18.7 Å². The summed E-state index contributed by atoms with van der Waals surface area (Å²) in [4.78, 5) is 11.8. The molecule has 2 N–H and O–H groups in total. The lowest BCUT2D eigenvalue weighted by molar-refractivity contribution is 0.0945. The molecule has 0 aromatic heterocycles. The van der Waals surface area contributed by atoms with Gasteiger partial charge >= 0.3 is 0 Å². The Morgan fingerprint density at radius 1 is 1.35 bits per heavy atom. The first kappa shape index (κ1) is 13.7. The minimum atomic E-state index is -0.0436. The smallest absolute Gasteiger partial charge is 0.251 e. The van der Waals surface area contributed by atoms with Crippen LogP contribution in [0.3, 0.4) is 0 Å². The standard InChI is InChI=1S/C14H21NO2/c1-10(6-7-16)9-15-14(17)13-5-4-11(2)12(3)8-13/h4-5,8,10,16H,6-7,9H2,1-3H3,(H,15,17). The number of aryl methyl sites for hydroxylation is 2. The molecule has 1 aromatic carbocycles. The van der Waals surface area contributed by atoms with Gasteiger partial charge < -0.3 is 10.4 Å². The number of aliphatic hydroxyl groups excluding tert-OH is 1. The van der Waals surface area contributed by atoms with Crippen LogP contribution in [0, 0.1) is 19.8 Å². The number of benzene rings is 1. The molecule has 0 radical (unpaired) electrons. The van der Waals surface area contributed by atoms with Crippen LogP contribution in [0.25, 0.3) is 0 Å². The van der Waals surface area contributed by atoms with Gasteiger partial charge in [0.25, 0.3) is 5.91 Å². The summed E-state index contributed by atoms with van der Waals surface area (Å²) in [6.45, 7) is 6.81. The zero-order chi connectivity index (χ0) is 12.8. The van der Waals surface area contributed by atoms with Crippen LogP contribution in [0.4, 0.5) is 0 Å². The monoisotopic (exact) mass is 235 g/mol. The van der Waals surface area contributed by atoms with Crippen molar-refractivity contribution in [3.05, 3.63) is 34.9 Å². The lowest BCUT2D eigenvalue weighted by Gasteiger charge is -2.11. The van der Waals surface area contributed by atoms with Crippen molar-refractivity contribution in [1.82, 2.24) is 5.32 Å². The van der Waals surface area contributed by atoms with Crippen molar-refractivity contribution in [2.75, 3.05) is 13.2 Å². The highest BCUT2D eigenvalue weighted by Crippen LogP contribution is 2.10. The fraction of sp³-hybridized carbons (Fsp3) is 0.500. The number of aliphatic hydroxyl groups is 1. The van der Waals surface area contributed by atoms with Crippen LogP contribution in [0.5, 0.6) is 0 Å². The van der Waals surface area contributed by atoms with Gasteiger partial charge in [-0.1, -0.05) is 13.0 Å². The molecule has 0 fully saturated rings. The maximum atomic E-state index is 11.8. The van der Waals surface area contributed by atoms with E-state index in [1.54, 1.807) is 0 Å². The minimum absolute atomic E-state index is 0.0436. The SMILES string of the molecule is Cc1ccc(C(=O)NCC(C)CCO)cc1C. The molecule has 0 bridgehead atoms. The third-order valence-electron chi connectivity index (χ3n) is 3.00. The summed E-state index contributed by atoms with van der Waals surface area (Å²) in [5.74, 6) is 0.258. The van der Waals surface area contributed by atoms with E-state index in [0.717, 1.165) is 5.56 Å². The third kappa shape index (κ3) is 4.19. The molecule has 17 heavy (non-hydrogen) atoms. The van der Waals surface area contributed by atoms with E-state index in [1.165, 1.54) is 5.56 Å². The van der Waals surface area contributed by atoms with Gasteiger partial charge in [-0.15, -0.1) is 0 Å². The second-order valence-electron chi connectivity index (χ2n) is 4.63. The van der Waals surface area contributed by atoms with Crippen LogP contribution >= 0.6 is 0 Å². The molecule has 0 aliphatic rings. The molecule has 1 amide bonds. The summed E-state index contributed by atoms with van der Waals surface area (Å²) in [5.41, 5.74) is 3.01. The van der Waals surface area contributed by atoms with Crippen molar-refractivity contribution < 1.29 is 9.90 Å². The zero-order valence-corrected chi connectivity index (χ0v) is 10.8. The number of hydrogen-bond acceptors (Lipinski definition) is 2. The predicted octanol–water partition coefficient (Wildman–Crippen LogP) is 2.05. The lowest BCUT2D eigenvalue weighted by atomic mass is 10.1. The van der Waals surface area contributed by atoms with E-state index in [2.05, 4.69) is 5.32 Å². The molecular formula is C14H21NO2. The molecular weight excluding hydrogens is 214 g/mol. The molecule has 0 heterocycles. The van der Waals surface area contributed by atoms with Crippen molar-refractivity contribution in [3.63, 3.8) is 0 Å². The van der Waals surface area contributed by atoms with Crippen molar-refractivity contribution >= 4 is 5.91 Å². The fourth-order valence-corrected chi connectivity index (χ4v) is 1.57. The summed E-state index contributed by atoms with van der Waals surface area (Å²) in [6.07, 6.45) is 0.715. The molecule has 1 atom stereocenters. The van der Waals surface area contributed by atoms with E-state index in [0.29, 0.717) is 24.4 Å². The molecule has 94 valence electrons. The number of amides is 1. The van der Waals surface area contributed by atoms with E-state index < -0.39 is 0 Å². The maximum Gasteiger partial charge on any atom is 0.251 e. The number of rotatable bonds is 5. The van der Waals surface area contributed by atoms with Crippen molar-refractivity contribution in [2.45, 2.75) is 27.2 Å². The Morgan fingerprint density at radius 2 is 2.06 bits per heavy atom. The van der Waals surface area contributed by atoms with Crippen LogP contribution in [0.2, 0.25) is 0 Å². The number of hydrogen-bond donors (Lipinski definition) is 2. The Morgan fingerprint density at radius 3 is 2.65 bits per heavy atom. The van der Waals surface area contributed by atoms with Crippen LogP contribution < -0.4 is 5.32 Å². The lowest BCUT2D eigenvalue weighted by Crippen LogP contribution is -2.28. The third-order valence-corrected chi connectivity index (χ3v) is 3.00. The molecule has 1 rings (SSSR count). The minimum Gasteiger partial charge on any atom is -0.396 e. The summed E-state index contributed by atoms with van der Waals surface area (Å²) in [5, 5.41) is 11.7. The quantitative estimate of drug-likeness (QED) is 0.820. The predicted molar refractivity (Wildman–Crippen MR) is 69.1 cm³/mol. The summed E-state index contributed by atoms with van der Waals surface area (Å²) in [7, 11) is 0. The molecule has 3 nitrogen and oxygen atoms in total. The largest absolute Gasteiger partial charge is 0.396 e. The number of carbonyl (C=O) groups excluding carboxylic acids is 1. The van der Waals surface area contributed by atoms with Gasteiger partial charge in [0.05, 0.1) is 0 Å². The molecule has 0 aliphatic heterocycles. The highest BCUT2D eigenvalue weighted by molar-refractivity contribution is 5.94. The maximum absolute atomic E-state index is 11.8. The van der Waals surface area contributed by atoms with Crippen LogP contribution in [0.1, 0.15) is 34.8 Å². The number of nitrogens with one attached hydrogen (secondary N) is 1. The Balaban J connectivity index is 2.55. The first-order chi connectivity index (χ1) is 8.04. The molecule has 0 spiro atoms. The Bertz CT molecular complexity index is 388. The molecule has 0 saturated carbocycles. The van der Waals surface area contributed by atoms with Crippen molar-refractivity contribution in [2.24, 2.45) is 5.92 Å².